The molecule has 0 aliphatic carbocycles. The summed E-state index contributed by atoms with van der Waals surface area (Å²) in [7, 11) is 0.0472. The van der Waals surface area contributed by atoms with Crippen LogP contribution in [0, 0.1) is 0 Å². The molecular weight excluding hydrogens is 652 g/mol. The largest absolute Gasteiger partial charge is 0.0622 e. The van der Waals surface area contributed by atoms with Gasteiger partial charge in [0, 0.05) is 0 Å². The Balaban J connectivity index is 1.37. The third-order valence-electron chi connectivity index (χ3n) is 8.63. The van der Waals surface area contributed by atoms with Crippen molar-refractivity contribution in [1.82, 2.24) is 0 Å². The molecule has 8 aromatic carbocycles. The van der Waals surface area contributed by atoms with Gasteiger partial charge in [0.25, 0.3) is 0 Å². The molecule has 0 heterocycles. The molecule has 0 aliphatic heterocycles. The van der Waals surface area contributed by atoms with Crippen molar-refractivity contribution in [2.75, 3.05) is 0 Å². The molecule has 0 saturated carbocycles. The first-order valence-electron chi connectivity index (χ1n) is 16.2. The van der Waals surface area contributed by atoms with Crippen LogP contribution in [0.1, 0.15) is 0 Å². The second kappa shape index (κ2) is 14.6. The highest BCUT2D eigenvalue weighted by molar-refractivity contribution is 8.31. The highest BCUT2D eigenvalue weighted by atomic mass is 32.1. The van der Waals surface area contributed by atoms with Crippen molar-refractivity contribution in [3.05, 3.63) is 194 Å². The maximum Gasteiger partial charge on any atom is -0.00146 e. The van der Waals surface area contributed by atoms with Gasteiger partial charge in [0.2, 0.25) is 0 Å². The molecule has 8 rings (SSSR count). The molecule has 0 radical (unpaired) electrons. The lowest BCUT2D eigenvalue weighted by molar-refractivity contribution is 1.74. The third kappa shape index (κ3) is 6.53. The second-order valence-corrected chi connectivity index (χ2v) is 20.6. The summed E-state index contributed by atoms with van der Waals surface area (Å²) in [6.07, 6.45) is 0. The van der Waals surface area contributed by atoms with Crippen molar-refractivity contribution >= 4 is 85.1 Å². The van der Waals surface area contributed by atoms with Gasteiger partial charge in [-0.2, -0.15) is 0 Å². The van der Waals surface area contributed by atoms with Crippen molar-refractivity contribution < 1.29 is 0 Å². The van der Waals surface area contributed by atoms with Crippen molar-refractivity contribution in [2.24, 2.45) is 0 Å². The first-order valence-corrected chi connectivity index (χ1v) is 22.6. The van der Waals surface area contributed by atoms with E-state index in [2.05, 4.69) is 194 Å². The topological polar surface area (TPSA) is 0 Å². The standard InChI is InChI=1S/C44H34P4/c1-5-19-35(20-6-1)47(36-21-7-2-8-22-36)45-41-31-29-33-17-13-15-27-39(33)43(41)44-40-28-16-14-18-34(40)30-32-42(44)46-48(37-23-9-3-10-24-37)38-25-11-4-12-26-38/h1-32,45-46H. The Morgan fingerprint density at radius 1 is 0.271 bits per heavy atom. The van der Waals surface area contributed by atoms with E-state index in [1.54, 1.807) is 0 Å². The molecule has 8 aromatic rings. The van der Waals surface area contributed by atoms with E-state index in [0.29, 0.717) is 16.5 Å². The summed E-state index contributed by atoms with van der Waals surface area (Å²) in [5, 5.41) is 13.8. The van der Waals surface area contributed by atoms with Gasteiger partial charge < -0.3 is 0 Å². The summed E-state index contributed by atoms with van der Waals surface area (Å²) in [5.74, 6) is 0. The first kappa shape index (κ1) is 31.3. The number of benzene rings is 8. The minimum absolute atomic E-state index is 0.597. The zero-order chi connectivity index (χ0) is 32.1. The van der Waals surface area contributed by atoms with Gasteiger partial charge in [-0.3, -0.25) is 0 Å². The van der Waals surface area contributed by atoms with Crippen LogP contribution in [0.2, 0.25) is 0 Å². The summed E-state index contributed by atoms with van der Waals surface area (Å²) in [5.41, 5.74) is 2.81. The van der Waals surface area contributed by atoms with E-state index in [-0.39, 0.29) is 0 Å². The molecule has 4 heteroatoms. The maximum atomic E-state index is 2.43. The molecule has 0 fully saturated rings. The van der Waals surface area contributed by atoms with Crippen LogP contribution in [0.25, 0.3) is 32.7 Å². The van der Waals surface area contributed by atoms with Crippen LogP contribution in [0.15, 0.2) is 194 Å². The van der Waals surface area contributed by atoms with Gasteiger partial charge >= 0.3 is 0 Å². The Morgan fingerprint density at radius 3 is 0.896 bits per heavy atom. The molecule has 230 valence electrons. The van der Waals surface area contributed by atoms with Crippen LogP contribution in [-0.2, 0) is 0 Å². The van der Waals surface area contributed by atoms with Crippen LogP contribution < -0.4 is 31.8 Å². The smallest absolute Gasteiger partial charge is 0.00146 e. The predicted octanol–water partition coefficient (Wildman–Crippen LogP) is 10.4. The van der Waals surface area contributed by atoms with Gasteiger partial charge in [-0.25, -0.2) is 0 Å². The SMILES string of the molecule is c1ccc(P(Pc2ccc3ccccc3c2-c2c(PP(c3ccccc3)c3ccccc3)ccc3ccccc23)c2ccccc2)cc1. The van der Waals surface area contributed by atoms with Gasteiger partial charge in [0.15, 0.2) is 0 Å². The third-order valence-corrected chi connectivity index (χ3v) is 19.5. The van der Waals surface area contributed by atoms with Crippen molar-refractivity contribution in [2.45, 2.75) is 0 Å². The number of rotatable bonds is 9. The highest BCUT2D eigenvalue weighted by Gasteiger charge is 2.23. The van der Waals surface area contributed by atoms with Gasteiger partial charge in [-0.15, -0.1) is 0 Å². The van der Waals surface area contributed by atoms with Crippen LogP contribution in [-0.4, -0.2) is 0 Å². The molecule has 0 aromatic heterocycles. The fourth-order valence-corrected chi connectivity index (χ4v) is 16.8. The zero-order valence-electron chi connectivity index (χ0n) is 26.4. The molecule has 2 atom stereocenters. The molecular formula is C44H34P4. The number of hydrogen-bond acceptors (Lipinski definition) is 0. The average Bonchev–Trinajstić information content (AvgIpc) is 3.17. The quantitative estimate of drug-likeness (QED) is 0.133. The molecule has 48 heavy (non-hydrogen) atoms. The van der Waals surface area contributed by atoms with Crippen LogP contribution >= 0.6 is 31.8 Å². The summed E-state index contributed by atoms with van der Waals surface area (Å²) in [4.78, 5) is 0. The van der Waals surface area contributed by atoms with Crippen molar-refractivity contribution in [3.63, 3.8) is 0 Å². The molecule has 0 spiro atoms. The highest BCUT2D eigenvalue weighted by Crippen LogP contribution is 2.57. The fraction of sp³-hybridized carbons (Fsp3) is 0. The van der Waals surface area contributed by atoms with Gasteiger partial charge in [-0.1, -0.05) is 211 Å². The lowest BCUT2D eigenvalue weighted by atomic mass is 9.94. The first-order chi connectivity index (χ1) is 23.8. The predicted molar refractivity (Wildman–Crippen MR) is 221 cm³/mol. The summed E-state index contributed by atoms with van der Waals surface area (Å²) in [6, 6.07) is 72.2. The average molecular weight is 687 g/mol. The molecule has 0 aliphatic rings. The Labute approximate surface area is 289 Å². The molecule has 2 unspecified atom stereocenters. The molecule has 0 nitrogen and oxygen atoms in total. The Morgan fingerprint density at radius 2 is 0.562 bits per heavy atom. The van der Waals surface area contributed by atoms with Crippen LogP contribution in [0.3, 0.4) is 0 Å². The van der Waals surface area contributed by atoms with Crippen LogP contribution in [0.5, 0.6) is 0 Å². The summed E-state index contributed by atoms with van der Waals surface area (Å²) >= 11 is 0. The Bertz CT molecular complexity index is 2040. The molecule has 0 bridgehead atoms. The van der Waals surface area contributed by atoms with Crippen molar-refractivity contribution in [1.29, 1.82) is 0 Å². The second-order valence-electron chi connectivity index (χ2n) is 11.7. The van der Waals surface area contributed by atoms with Crippen molar-refractivity contribution in [3.8, 4) is 11.1 Å². The lowest BCUT2D eigenvalue weighted by Gasteiger charge is -2.25. The van der Waals surface area contributed by atoms with Gasteiger partial charge in [0.05, 0.1) is 0 Å². The summed E-state index contributed by atoms with van der Waals surface area (Å²) < 4.78 is 0. The number of fused-ring (bicyclic) bond motifs is 2. The normalized spacial score (nSPS) is 12.0. The van der Waals surface area contributed by atoms with E-state index in [9.17, 15) is 0 Å². The van der Waals surface area contributed by atoms with E-state index in [4.69, 9.17) is 0 Å². The van der Waals surface area contributed by atoms with Gasteiger partial charge in [0.1, 0.15) is 0 Å². The summed E-state index contributed by atoms with van der Waals surface area (Å²) in [6.45, 7) is 0. The lowest BCUT2D eigenvalue weighted by Crippen LogP contribution is -2.14. The zero-order valence-corrected chi connectivity index (χ0v) is 30.2. The van der Waals surface area contributed by atoms with E-state index >= 15 is 0 Å². The van der Waals surface area contributed by atoms with Gasteiger partial charge in [-0.05, 0) is 79.7 Å². The van der Waals surface area contributed by atoms with E-state index in [0.717, 1.165) is 0 Å². The molecule has 0 saturated heterocycles. The Hall–Kier alpha value is -4.00. The minimum Gasteiger partial charge on any atom is -0.0622 e. The number of hydrogen-bond donors (Lipinski definition) is 0. The van der Waals surface area contributed by atoms with E-state index < -0.39 is 15.2 Å². The fourth-order valence-electron chi connectivity index (χ4n) is 6.37. The minimum atomic E-state index is -0.597. The molecule has 0 N–H and O–H groups in total. The monoisotopic (exact) mass is 686 g/mol. The van der Waals surface area contributed by atoms with E-state index in [1.807, 2.05) is 0 Å². The maximum absolute atomic E-state index is 2.43. The van der Waals surface area contributed by atoms with E-state index in [1.165, 1.54) is 64.5 Å². The molecule has 0 amide bonds. The van der Waals surface area contributed by atoms with Crippen LogP contribution in [0.4, 0.5) is 0 Å². The Kier molecular flexibility index (Phi) is 9.53.